The smallest absolute Gasteiger partial charge is 0.251 e. The molecule has 0 bridgehead atoms. The highest BCUT2D eigenvalue weighted by atomic mass is 32.2. The molecule has 0 aliphatic carbocycles. The Kier molecular flexibility index (Phi) is 4.87. The molecule has 116 valence electrons. The molecule has 0 saturated heterocycles. The van der Waals surface area contributed by atoms with Gasteiger partial charge in [0, 0.05) is 30.4 Å². The summed E-state index contributed by atoms with van der Waals surface area (Å²) in [5.74, 6) is -0.249. The Bertz CT molecular complexity index is 761. The number of hydrogen-bond acceptors (Lipinski definition) is 5. The molecule has 0 unspecified atom stereocenters. The lowest BCUT2D eigenvalue weighted by molar-refractivity contribution is 0.0934. The Morgan fingerprint density at radius 3 is 2.50 bits per heavy atom. The van der Waals surface area contributed by atoms with Crippen LogP contribution in [0.3, 0.4) is 0 Å². The minimum Gasteiger partial charge on any atom is -0.344 e. The molecule has 0 aromatic carbocycles. The Labute approximate surface area is 129 Å². The summed E-state index contributed by atoms with van der Waals surface area (Å²) in [6.45, 7) is 1.90. The van der Waals surface area contributed by atoms with Crippen LogP contribution in [0.15, 0.2) is 47.8 Å². The van der Waals surface area contributed by atoms with E-state index in [1.165, 1.54) is 18.3 Å². The van der Waals surface area contributed by atoms with Gasteiger partial charge < -0.3 is 5.32 Å². The first-order chi connectivity index (χ1) is 10.4. The number of nitrogens with zero attached hydrogens (tertiary/aromatic N) is 2. The van der Waals surface area contributed by atoms with E-state index in [0.717, 1.165) is 6.26 Å². The molecule has 2 rings (SSSR count). The van der Waals surface area contributed by atoms with Crippen molar-refractivity contribution in [3.05, 3.63) is 54.1 Å². The lowest BCUT2D eigenvalue weighted by Crippen LogP contribution is -2.28. The van der Waals surface area contributed by atoms with Gasteiger partial charge in [0.05, 0.1) is 16.6 Å². The van der Waals surface area contributed by atoms with Gasteiger partial charge in [-0.3, -0.25) is 14.8 Å². The van der Waals surface area contributed by atoms with E-state index in [9.17, 15) is 13.2 Å². The summed E-state index contributed by atoms with van der Waals surface area (Å²) in [5.41, 5.74) is 1.01. The number of carbonyl (C=O) groups excluding carboxylic acids is 1. The van der Waals surface area contributed by atoms with E-state index in [1.807, 2.05) is 6.92 Å². The molecule has 6 nitrogen and oxygen atoms in total. The molecule has 0 aliphatic rings. The van der Waals surface area contributed by atoms with Crippen molar-refractivity contribution in [2.24, 2.45) is 0 Å². The highest BCUT2D eigenvalue weighted by Crippen LogP contribution is 2.18. The second kappa shape index (κ2) is 6.65. The van der Waals surface area contributed by atoms with Crippen molar-refractivity contribution in [1.82, 2.24) is 15.3 Å². The average molecular weight is 319 g/mol. The van der Waals surface area contributed by atoms with E-state index in [-0.39, 0.29) is 16.8 Å². The summed E-state index contributed by atoms with van der Waals surface area (Å²) in [4.78, 5) is 20.4. The van der Waals surface area contributed by atoms with Gasteiger partial charge >= 0.3 is 0 Å². The van der Waals surface area contributed by atoms with Crippen molar-refractivity contribution in [2.75, 3.05) is 6.26 Å². The first kappa shape index (κ1) is 16.1. The summed E-state index contributed by atoms with van der Waals surface area (Å²) >= 11 is 0. The first-order valence-corrected chi connectivity index (χ1v) is 8.68. The Morgan fingerprint density at radius 1 is 1.23 bits per heavy atom. The molecule has 2 aromatic rings. The molecule has 7 heteroatoms. The zero-order valence-corrected chi connectivity index (χ0v) is 13.2. The highest BCUT2D eigenvalue weighted by molar-refractivity contribution is 7.90. The first-order valence-electron chi connectivity index (χ1n) is 6.78. The predicted molar refractivity (Wildman–Crippen MR) is 82.1 cm³/mol. The van der Waals surface area contributed by atoms with Gasteiger partial charge in [-0.15, -0.1) is 0 Å². The molecule has 0 radical (unpaired) electrons. The van der Waals surface area contributed by atoms with Crippen LogP contribution in [0.4, 0.5) is 0 Å². The van der Waals surface area contributed by atoms with Gasteiger partial charge in [0.25, 0.3) is 5.91 Å². The van der Waals surface area contributed by atoms with Crippen molar-refractivity contribution in [1.29, 1.82) is 0 Å². The van der Waals surface area contributed by atoms with E-state index in [4.69, 9.17) is 0 Å². The normalized spacial score (nSPS) is 12.6. The van der Waals surface area contributed by atoms with Crippen molar-refractivity contribution in [3.8, 4) is 0 Å². The second-order valence-electron chi connectivity index (χ2n) is 4.86. The number of nitrogens with one attached hydrogen (secondary N) is 1. The van der Waals surface area contributed by atoms with Gasteiger partial charge in [-0.2, -0.15) is 0 Å². The molecular weight excluding hydrogens is 302 g/mol. The summed E-state index contributed by atoms with van der Waals surface area (Å²) in [5, 5.41) is 2.85. The zero-order chi connectivity index (χ0) is 16.2. The number of hydrogen-bond donors (Lipinski definition) is 1. The van der Waals surface area contributed by atoms with E-state index < -0.39 is 9.84 Å². The van der Waals surface area contributed by atoms with Gasteiger partial charge in [0.2, 0.25) is 0 Å². The van der Waals surface area contributed by atoms with Crippen molar-refractivity contribution in [2.45, 2.75) is 24.3 Å². The summed E-state index contributed by atoms with van der Waals surface area (Å²) in [7, 11) is -3.31. The molecule has 2 heterocycles. The molecule has 2 aromatic heterocycles. The second-order valence-corrected chi connectivity index (χ2v) is 6.87. The number of sulfone groups is 1. The van der Waals surface area contributed by atoms with Crippen LogP contribution in [0.1, 0.15) is 35.4 Å². The third kappa shape index (κ3) is 3.88. The molecule has 0 saturated carbocycles. The van der Waals surface area contributed by atoms with Gasteiger partial charge in [-0.25, -0.2) is 8.42 Å². The van der Waals surface area contributed by atoms with E-state index in [1.54, 1.807) is 24.5 Å². The third-order valence-electron chi connectivity index (χ3n) is 3.19. The van der Waals surface area contributed by atoms with Gasteiger partial charge in [0.15, 0.2) is 9.84 Å². The van der Waals surface area contributed by atoms with Crippen LogP contribution in [0, 0.1) is 0 Å². The maximum Gasteiger partial charge on any atom is 0.251 e. The fourth-order valence-corrected chi connectivity index (χ4v) is 2.62. The van der Waals surface area contributed by atoms with Gasteiger partial charge in [0.1, 0.15) is 0 Å². The molecule has 1 N–H and O–H groups in total. The van der Waals surface area contributed by atoms with Crippen molar-refractivity contribution in [3.63, 3.8) is 0 Å². The molecule has 0 aliphatic heterocycles. The number of pyridine rings is 2. The fraction of sp³-hybridized carbons (Fsp3) is 0.267. The van der Waals surface area contributed by atoms with Crippen molar-refractivity contribution < 1.29 is 13.2 Å². The Balaban J connectivity index is 2.24. The van der Waals surface area contributed by atoms with Crippen LogP contribution in [0.25, 0.3) is 0 Å². The molecule has 0 fully saturated rings. The topological polar surface area (TPSA) is 89.0 Å². The van der Waals surface area contributed by atoms with E-state index >= 15 is 0 Å². The van der Waals surface area contributed by atoms with Crippen LogP contribution in [-0.2, 0) is 9.84 Å². The lowest BCUT2D eigenvalue weighted by Gasteiger charge is -2.17. The minimum absolute atomic E-state index is 0.189. The van der Waals surface area contributed by atoms with Crippen LogP contribution in [0.5, 0.6) is 0 Å². The summed E-state index contributed by atoms with van der Waals surface area (Å²) < 4.78 is 23.2. The van der Waals surface area contributed by atoms with Crippen LogP contribution in [0.2, 0.25) is 0 Å². The fourth-order valence-electron chi connectivity index (χ4n) is 1.98. The zero-order valence-electron chi connectivity index (χ0n) is 12.4. The van der Waals surface area contributed by atoms with Crippen LogP contribution in [-0.4, -0.2) is 30.5 Å². The highest BCUT2D eigenvalue weighted by Gasteiger charge is 2.17. The van der Waals surface area contributed by atoms with Crippen LogP contribution < -0.4 is 5.32 Å². The Morgan fingerprint density at radius 2 is 1.91 bits per heavy atom. The molecule has 0 spiro atoms. The molecular formula is C15H17N3O3S. The number of carbonyl (C=O) groups is 1. The lowest BCUT2D eigenvalue weighted by atomic mass is 10.1. The minimum atomic E-state index is -3.31. The number of rotatable bonds is 5. The monoisotopic (exact) mass is 319 g/mol. The number of amides is 1. The molecule has 22 heavy (non-hydrogen) atoms. The van der Waals surface area contributed by atoms with E-state index in [0.29, 0.717) is 17.7 Å². The maximum atomic E-state index is 12.2. The summed E-state index contributed by atoms with van der Waals surface area (Å²) in [6.07, 6.45) is 6.25. The SMILES string of the molecule is CC[C@H](NC(=O)c1ccncc1)c1cc(S(C)(=O)=O)ccn1. The van der Waals surface area contributed by atoms with Gasteiger partial charge in [-0.1, -0.05) is 6.92 Å². The standard InChI is InChI=1S/C15H17N3O3S/c1-3-13(18-15(19)11-4-7-16-8-5-11)14-10-12(6-9-17-14)22(2,20)21/h4-10,13H,3H2,1-2H3,(H,18,19)/t13-/m0/s1. The van der Waals surface area contributed by atoms with E-state index in [2.05, 4.69) is 15.3 Å². The average Bonchev–Trinajstić information content (AvgIpc) is 2.52. The summed E-state index contributed by atoms with van der Waals surface area (Å²) in [6, 6.07) is 5.81. The maximum absolute atomic E-state index is 12.2. The quantitative estimate of drug-likeness (QED) is 0.907. The van der Waals surface area contributed by atoms with Gasteiger partial charge in [-0.05, 0) is 30.7 Å². The third-order valence-corrected chi connectivity index (χ3v) is 4.30. The van der Waals surface area contributed by atoms with Crippen LogP contribution >= 0.6 is 0 Å². The molecule has 1 atom stereocenters. The van der Waals surface area contributed by atoms with Crippen molar-refractivity contribution >= 4 is 15.7 Å². The predicted octanol–water partition coefficient (Wildman–Crippen LogP) is 1.76. The number of aromatic nitrogens is 2. The largest absolute Gasteiger partial charge is 0.344 e. The Hall–Kier alpha value is -2.28. The molecule has 1 amide bonds.